The number of hydrogen-bond donors (Lipinski definition) is 0. The molecule has 0 bridgehead atoms. The van der Waals surface area contributed by atoms with Crippen LogP contribution in [0.15, 0.2) is 12.4 Å². The molecule has 3 rings (SSSR count). The van der Waals surface area contributed by atoms with E-state index in [1.54, 1.807) is 10.9 Å². The first-order valence-electron chi connectivity index (χ1n) is 9.08. The summed E-state index contributed by atoms with van der Waals surface area (Å²) in [5.41, 5.74) is 1.07. The average Bonchev–Trinajstić information content (AvgIpc) is 3.02. The van der Waals surface area contributed by atoms with E-state index in [4.69, 9.17) is 0 Å². The van der Waals surface area contributed by atoms with Crippen molar-refractivity contribution >= 4 is 5.91 Å². The van der Waals surface area contributed by atoms with Crippen LogP contribution in [-0.2, 0) is 11.3 Å². The molecule has 1 aliphatic carbocycles. The number of piperazine rings is 1. The quantitative estimate of drug-likeness (QED) is 0.845. The highest BCUT2D eigenvalue weighted by Crippen LogP contribution is 2.29. The van der Waals surface area contributed by atoms with Crippen LogP contribution in [-0.4, -0.2) is 57.7 Å². The molecule has 1 aliphatic heterocycles. The van der Waals surface area contributed by atoms with Crippen molar-refractivity contribution in [3.05, 3.63) is 18.0 Å². The van der Waals surface area contributed by atoms with Gasteiger partial charge in [0.25, 0.3) is 0 Å². The maximum atomic E-state index is 12.4. The maximum Gasteiger partial charge on any atom is 0.244 e. The number of carbonyl (C=O) groups is 1. The summed E-state index contributed by atoms with van der Waals surface area (Å²) in [6.07, 6.45) is 9.83. The number of carbonyl (C=O) groups excluding carboxylic acids is 1. The first-order chi connectivity index (χ1) is 11.7. The number of nitriles is 1. The fraction of sp³-hybridized carbons (Fsp3) is 0.722. The minimum atomic E-state index is 0.0244. The van der Waals surface area contributed by atoms with Gasteiger partial charge in [0.2, 0.25) is 5.91 Å². The molecule has 0 N–H and O–H groups in total. The van der Waals surface area contributed by atoms with Crippen molar-refractivity contribution in [1.29, 1.82) is 5.26 Å². The predicted molar refractivity (Wildman–Crippen MR) is 91.1 cm³/mol. The largest absolute Gasteiger partial charge is 0.339 e. The molecule has 1 amide bonds. The Labute approximate surface area is 144 Å². The van der Waals surface area contributed by atoms with Crippen LogP contribution in [0.5, 0.6) is 0 Å². The topological polar surface area (TPSA) is 65.2 Å². The normalized spacial score (nSPS) is 21.4. The van der Waals surface area contributed by atoms with Gasteiger partial charge in [-0.15, -0.1) is 0 Å². The molecule has 2 aliphatic rings. The van der Waals surface area contributed by atoms with E-state index in [0.29, 0.717) is 25.6 Å². The molecular formula is C18H27N5O. The summed E-state index contributed by atoms with van der Waals surface area (Å²) in [6, 6.07) is 2.56. The van der Waals surface area contributed by atoms with Crippen LogP contribution < -0.4 is 0 Å². The van der Waals surface area contributed by atoms with E-state index in [1.807, 2.05) is 18.0 Å². The molecule has 24 heavy (non-hydrogen) atoms. The van der Waals surface area contributed by atoms with Gasteiger partial charge in [0.1, 0.15) is 12.6 Å². The third-order valence-corrected chi connectivity index (χ3v) is 5.35. The van der Waals surface area contributed by atoms with Crippen LogP contribution in [0.1, 0.15) is 37.7 Å². The van der Waals surface area contributed by atoms with Gasteiger partial charge in [-0.25, -0.2) is 0 Å². The zero-order chi connectivity index (χ0) is 16.9. The predicted octanol–water partition coefficient (Wildman–Crippen LogP) is 1.81. The second-order valence-electron chi connectivity index (χ2n) is 7.10. The summed E-state index contributed by atoms with van der Waals surface area (Å²) in [7, 11) is 0. The van der Waals surface area contributed by atoms with Gasteiger partial charge in [-0.2, -0.15) is 10.4 Å². The lowest BCUT2D eigenvalue weighted by Gasteiger charge is -2.40. The Bertz CT molecular complexity index is 591. The number of aryl methyl sites for hydroxylation is 1. The lowest BCUT2D eigenvalue weighted by molar-refractivity contribution is -0.134. The Balaban J connectivity index is 1.51. The van der Waals surface area contributed by atoms with E-state index in [-0.39, 0.29) is 11.9 Å². The van der Waals surface area contributed by atoms with E-state index in [0.717, 1.165) is 18.7 Å². The molecule has 2 fully saturated rings. The van der Waals surface area contributed by atoms with Gasteiger partial charge in [-0.3, -0.25) is 14.4 Å². The molecule has 6 nitrogen and oxygen atoms in total. The minimum Gasteiger partial charge on any atom is -0.339 e. The third-order valence-electron chi connectivity index (χ3n) is 5.35. The number of amides is 1. The Kier molecular flexibility index (Phi) is 5.52. The number of aromatic nitrogens is 2. The lowest BCUT2D eigenvalue weighted by Crippen LogP contribution is -2.54. The zero-order valence-electron chi connectivity index (χ0n) is 14.5. The van der Waals surface area contributed by atoms with E-state index < -0.39 is 0 Å². The van der Waals surface area contributed by atoms with Gasteiger partial charge in [-0.05, 0) is 31.2 Å². The van der Waals surface area contributed by atoms with Crippen molar-refractivity contribution in [1.82, 2.24) is 19.6 Å². The second-order valence-corrected chi connectivity index (χ2v) is 7.10. The fourth-order valence-electron chi connectivity index (χ4n) is 3.98. The van der Waals surface area contributed by atoms with Gasteiger partial charge < -0.3 is 4.90 Å². The zero-order valence-corrected chi connectivity index (χ0v) is 14.5. The summed E-state index contributed by atoms with van der Waals surface area (Å²) in [6.45, 7) is 5.31. The highest BCUT2D eigenvalue weighted by atomic mass is 16.2. The molecule has 0 spiro atoms. The van der Waals surface area contributed by atoms with E-state index in [9.17, 15) is 10.1 Å². The van der Waals surface area contributed by atoms with Crippen molar-refractivity contribution in [3.8, 4) is 6.07 Å². The molecule has 1 aromatic heterocycles. The standard InChI is InChI=1S/C18H27N5O/c1-15-12-20-23(13-15)14-18(24)22-9-7-21(8-10-22)17(11-19)16-5-3-2-4-6-16/h12-13,16-17H,2-10,14H2,1H3/t17-/m1/s1. The number of rotatable bonds is 4. The first-order valence-corrected chi connectivity index (χ1v) is 9.08. The van der Waals surface area contributed by atoms with Gasteiger partial charge >= 0.3 is 0 Å². The van der Waals surface area contributed by atoms with Crippen molar-refractivity contribution in [2.45, 2.75) is 51.6 Å². The Hall–Kier alpha value is -1.87. The summed E-state index contributed by atoms with van der Waals surface area (Å²) < 4.78 is 1.70. The van der Waals surface area contributed by atoms with Crippen molar-refractivity contribution in [3.63, 3.8) is 0 Å². The average molecular weight is 329 g/mol. The van der Waals surface area contributed by atoms with E-state index in [1.165, 1.54) is 32.1 Å². The molecule has 0 unspecified atom stereocenters. The molecule has 2 heterocycles. The van der Waals surface area contributed by atoms with Crippen LogP contribution in [0, 0.1) is 24.2 Å². The number of nitrogens with zero attached hydrogens (tertiary/aromatic N) is 5. The maximum absolute atomic E-state index is 12.4. The molecule has 0 radical (unpaired) electrons. The third kappa shape index (κ3) is 3.96. The molecule has 1 atom stereocenters. The summed E-state index contributed by atoms with van der Waals surface area (Å²) in [4.78, 5) is 16.6. The summed E-state index contributed by atoms with van der Waals surface area (Å²) in [5.74, 6) is 0.627. The van der Waals surface area contributed by atoms with Crippen LogP contribution in [0.2, 0.25) is 0 Å². The highest BCUT2D eigenvalue weighted by molar-refractivity contribution is 5.76. The molecule has 130 valence electrons. The molecular weight excluding hydrogens is 302 g/mol. The molecule has 1 saturated heterocycles. The van der Waals surface area contributed by atoms with Gasteiger partial charge in [0, 0.05) is 32.4 Å². The first kappa shape index (κ1) is 17.0. The van der Waals surface area contributed by atoms with Crippen LogP contribution in [0.25, 0.3) is 0 Å². The number of hydrogen-bond acceptors (Lipinski definition) is 4. The second kappa shape index (κ2) is 7.80. The fourth-order valence-corrected chi connectivity index (χ4v) is 3.98. The summed E-state index contributed by atoms with van der Waals surface area (Å²) >= 11 is 0. The SMILES string of the molecule is Cc1cnn(CC(=O)N2CCN([C@H](C#N)C3CCCCC3)CC2)c1. The van der Waals surface area contributed by atoms with Crippen LogP contribution >= 0.6 is 0 Å². The van der Waals surface area contributed by atoms with Crippen molar-refractivity contribution < 1.29 is 4.79 Å². The molecule has 1 saturated carbocycles. The van der Waals surface area contributed by atoms with Crippen LogP contribution in [0.4, 0.5) is 0 Å². The van der Waals surface area contributed by atoms with Gasteiger partial charge in [0.05, 0.1) is 12.3 Å². The van der Waals surface area contributed by atoms with E-state index >= 15 is 0 Å². The molecule has 1 aromatic rings. The van der Waals surface area contributed by atoms with E-state index in [2.05, 4.69) is 16.1 Å². The highest BCUT2D eigenvalue weighted by Gasteiger charge is 2.31. The van der Waals surface area contributed by atoms with Gasteiger partial charge in [0.15, 0.2) is 0 Å². The molecule has 0 aromatic carbocycles. The Morgan fingerprint density at radius 3 is 2.58 bits per heavy atom. The van der Waals surface area contributed by atoms with Gasteiger partial charge in [-0.1, -0.05) is 19.3 Å². The smallest absolute Gasteiger partial charge is 0.244 e. The Morgan fingerprint density at radius 1 is 1.29 bits per heavy atom. The van der Waals surface area contributed by atoms with Crippen molar-refractivity contribution in [2.24, 2.45) is 5.92 Å². The summed E-state index contributed by atoms with van der Waals surface area (Å²) in [5, 5.41) is 13.8. The van der Waals surface area contributed by atoms with Crippen LogP contribution in [0.3, 0.4) is 0 Å². The minimum absolute atomic E-state index is 0.0244. The monoisotopic (exact) mass is 329 g/mol. The lowest BCUT2D eigenvalue weighted by atomic mass is 9.83. The van der Waals surface area contributed by atoms with Crippen molar-refractivity contribution in [2.75, 3.05) is 26.2 Å². The Morgan fingerprint density at radius 2 is 2.00 bits per heavy atom. The molecule has 6 heteroatoms.